The third-order valence-electron chi connectivity index (χ3n) is 3.27. The number of carbonyl (C=O) groups excluding carboxylic acids is 1. The summed E-state index contributed by atoms with van der Waals surface area (Å²) in [5.41, 5.74) is 3.89. The molecular weight excluding hydrogens is 284 g/mol. The van der Waals surface area contributed by atoms with Crippen molar-refractivity contribution in [3.05, 3.63) is 58.6 Å². The molecule has 0 aliphatic rings. The molecule has 3 nitrogen and oxygen atoms in total. The summed E-state index contributed by atoms with van der Waals surface area (Å²) in [7, 11) is 0. The zero-order valence-corrected chi connectivity index (χ0v) is 13.0. The van der Waals surface area contributed by atoms with Gasteiger partial charge in [0.05, 0.1) is 0 Å². The lowest BCUT2D eigenvalue weighted by Gasteiger charge is -2.10. The molecule has 2 rings (SSSR count). The minimum atomic E-state index is -0.0278. The van der Waals surface area contributed by atoms with Crippen molar-refractivity contribution in [3.63, 3.8) is 0 Å². The molecule has 0 bridgehead atoms. The first kappa shape index (κ1) is 15.4. The third-order valence-corrected chi connectivity index (χ3v) is 3.68. The van der Waals surface area contributed by atoms with Crippen molar-refractivity contribution in [1.29, 1.82) is 0 Å². The van der Waals surface area contributed by atoms with Crippen molar-refractivity contribution in [3.8, 4) is 0 Å². The van der Waals surface area contributed by atoms with E-state index in [-0.39, 0.29) is 5.91 Å². The second-order valence-corrected chi connectivity index (χ2v) is 5.41. The van der Waals surface area contributed by atoms with E-state index >= 15 is 0 Å². The molecule has 0 saturated heterocycles. The van der Waals surface area contributed by atoms with Crippen LogP contribution in [-0.2, 0) is 4.79 Å². The van der Waals surface area contributed by atoms with Crippen molar-refractivity contribution in [2.45, 2.75) is 20.3 Å². The second kappa shape index (κ2) is 7.14. The standard InChI is InChI=1S/C17H19ClN2O/c1-12-6-8-14(9-7-12)19-11-10-17(21)20-16-5-3-4-15(18)13(16)2/h3-9,19H,10-11H2,1-2H3,(H,20,21). The van der Waals surface area contributed by atoms with Crippen LogP contribution in [-0.4, -0.2) is 12.5 Å². The Morgan fingerprint density at radius 1 is 1.10 bits per heavy atom. The van der Waals surface area contributed by atoms with Gasteiger partial charge in [-0.2, -0.15) is 0 Å². The number of nitrogens with one attached hydrogen (secondary N) is 2. The third kappa shape index (κ3) is 4.50. The summed E-state index contributed by atoms with van der Waals surface area (Å²) in [6.07, 6.45) is 0.403. The first-order valence-electron chi connectivity index (χ1n) is 6.92. The summed E-state index contributed by atoms with van der Waals surface area (Å²) >= 11 is 6.03. The predicted octanol–water partition coefficient (Wildman–Crippen LogP) is 4.40. The summed E-state index contributed by atoms with van der Waals surface area (Å²) in [4.78, 5) is 11.9. The van der Waals surface area contributed by atoms with E-state index in [1.807, 2.05) is 56.3 Å². The van der Waals surface area contributed by atoms with Crippen LogP contribution in [0, 0.1) is 13.8 Å². The predicted molar refractivity (Wildman–Crippen MR) is 89.1 cm³/mol. The number of rotatable bonds is 5. The van der Waals surface area contributed by atoms with E-state index in [9.17, 15) is 4.79 Å². The number of hydrogen-bond donors (Lipinski definition) is 2. The number of halogens is 1. The number of aryl methyl sites for hydroxylation is 1. The minimum Gasteiger partial charge on any atom is -0.385 e. The van der Waals surface area contributed by atoms with Crippen LogP contribution in [0.25, 0.3) is 0 Å². The molecule has 21 heavy (non-hydrogen) atoms. The van der Waals surface area contributed by atoms with Crippen LogP contribution in [0.1, 0.15) is 17.5 Å². The maximum Gasteiger partial charge on any atom is 0.226 e. The Hall–Kier alpha value is -2.00. The highest BCUT2D eigenvalue weighted by Crippen LogP contribution is 2.22. The number of hydrogen-bond acceptors (Lipinski definition) is 2. The SMILES string of the molecule is Cc1ccc(NCCC(=O)Nc2cccc(Cl)c2C)cc1. The van der Waals surface area contributed by atoms with Gasteiger partial charge in [-0.1, -0.05) is 35.4 Å². The monoisotopic (exact) mass is 302 g/mol. The van der Waals surface area contributed by atoms with Crippen molar-refractivity contribution in [2.75, 3.05) is 17.2 Å². The van der Waals surface area contributed by atoms with Gasteiger partial charge >= 0.3 is 0 Å². The van der Waals surface area contributed by atoms with Crippen LogP contribution in [0.15, 0.2) is 42.5 Å². The summed E-state index contributed by atoms with van der Waals surface area (Å²) in [5.74, 6) is -0.0278. The van der Waals surface area contributed by atoms with Gasteiger partial charge in [0.2, 0.25) is 5.91 Å². The molecule has 0 heterocycles. The van der Waals surface area contributed by atoms with Gasteiger partial charge in [-0.15, -0.1) is 0 Å². The van der Waals surface area contributed by atoms with Gasteiger partial charge in [0.1, 0.15) is 0 Å². The van der Waals surface area contributed by atoms with Crippen LogP contribution >= 0.6 is 11.6 Å². The fourth-order valence-corrected chi connectivity index (χ4v) is 2.12. The van der Waals surface area contributed by atoms with Crippen LogP contribution in [0.2, 0.25) is 5.02 Å². The van der Waals surface area contributed by atoms with Crippen molar-refractivity contribution < 1.29 is 4.79 Å². The molecule has 4 heteroatoms. The van der Waals surface area contributed by atoms with Crippen molar-refractivity contribution in [1.82, 2.24) is 0 Å². The lowest BCUT2D eigenvalue weighted by molar-refractivity contribution is -0.115. The fraction of sp³-hybridized carbons (Fsp3) is 0.235. The molecule has 0 fully saturated rings. The van der Waals surface area contributed by atoms with Crippen LogP contribution in [0.3, 0.4) is 0 Å². The second-order valence-electron chi connectivity index (χ2n) is 5.00. The van der Waals surface area contributed by atoms with E-state index in [2.05, 4.69) is 10.6 Å². The molecule has 0 aliphatic carbocycles. The van der Waals surface area contributed by atoms with Gasteiger partial charge in [-0.25, -0.2) is 0 Å². The van der Waals surface area contributed by atoms with E-state index in [1.165, 1.54) is 5.56 Å². The van der Waals surface area contributed by atoms with E-state index in [0.29, 0.717) is 18.0 Å². The highest BCUT2D eigenvalue weighted by molar-refractivity contribution is 6.31. The molecule has 0 spiro atoms. The van der Waals surface area contributed by atoms with Crippen LogP contribution in [0.4, 0.5) is 11.4 Å². The number of amides is 1. The van der Waals surface area contributed by atoms with Gasteiger partial charge in [-0.3, -0.25) is 4.79 Å². The van der Waals surface area contributed by atoms with Crippen LogP contribution in [0.5, 0.6) is 0 Å². The van der Waals surface area contributed by atoms with Gasteiger partial charge in [0.25, 0.3) is 0 Å². The zero-order valence-electron chi connectivity index (χ0n) is 12.2. The molecule has 2 aromatic carbocycles. The Kier molecular flexibility index (Phi) is 5.23. The minimum absolute atomic E-state index is 0.0278. The van der Waals surface area contributed by atoms with E-state index in [1.54, 1.807) is 0 Å². The topological polar surface area (TPSA) is 41.1 Å². The molecule has 110 valence electrons. The Morgan fingerprint density at radius 2 is 1.81 bits per heavy atom. The molecule has 2 N–H and O–H groups in total. The highest BCUT2D eigenvalue weighted by atomic mass is 35.5. The van der Waals surface area contributed by atoms with Gasteiger partial charge in [0.15, 0.2) is 0 Å². The normalized spacial score (nSPS) is 10.2. The molecule has 0 atom stereocenters. The molecule has 0 saturated carbocycles. The average Bonchev–Trinajstić information content (AvgIpc) is 2.46. The molecule has 0 radical (unpaired) electrons. The molecular formula is C17H19ClN2O. The fourth-order valence-electron chi connectivity index (χ4n) is 1.95. The first-order valence-corrected chi connectivity index (χ1v) is 7.29. The molecule has 0 aromatic heterocycles. The first-order chi connectivity index (χ1) is 10.1. The van der Waals surface area contributed by atoms with Gasteiger partial charge < -0.3 is 10.6 Å². The van der Waals surface area contributed by atoms with Crippen molar-refractivity contribution >= 4 is 28.9 Å². The zero-order chi connectivity index (χ0) is 15.2. The van der Waals surface area contributed by atoms with Crippen LogP contribution < -0.4 is 10.6 Å². The quantitative estimate of drug-likeness (QED) is 0.859. The molecule has 0 aliphatic heterocycles. The average molecular weight is 303 g/mol. The lowest BCUT2D eigenvalue weighted by atomic mass is 10.2. The van der Waals surface area contributed by atoms with Gasteiger partial charge in [0, 0.05) is 29.4 Å². The van der Waals surface area contributed by atoms with E-state index < -0.39 is 0 Å². The Morgan fingerprint density at radius 3 is 2.52 bits per heavy atom. The lowest BCUT2D eigenvalue weighted by Crippen LogP contribution is -2.16. The number of benzene rings is 2. The maximum absolute atomic E-state index is 11.9. The largest absolute Gasteiger partial charge is 0.385 e. The molecule has 0 unspecified atom stereocenters. The Bertz CT molecular complexity index is 623. The van der Waals surface area contributed by atoms with E-state index in [4.69, 9.17) is 11.6 Å². The summed E-state index contributed by atoms with van der Waals surface area (Å²) in [5, 5.41) is 6.77. The Balaban J connectivity index is 1.82. The summed E-state index contributed by atoms with van der Waals surface area (Å²) in [6, 6.07) is 13.6. The highest BCUT2D eigenvalue weighted by Gasteiger charge is 2.06. The number of carbonyl (C=O) groups is 1. The number of anilines is 2. The van der Waals surface area contributed by atoms with Gasteiger partial charge in [-0.05, 0) is 43.7 Å². The smallest absolute Gasteiger partial charge is 0.226 e. The molecule has 1 amide bonds. The Labute approximate surface area is 130 Å². The summed E-state index contributed by atoms with van der Waals surface area (Å²) < 4.78 is 0. The molecule has 2 aromatic rings. The summed E-state index contributed by atoms with van der Waals surface area (Å²) in [6.45, 7) is 4.53. The maximum atomic E-state index is 11.9. The van der Waals surface area contributed by atoms with Crippen molar-refractivity contribution in [2.24, 2.45) is 0 Å². The van der Waals surface area contributed by atoms with E-state index in [0.717, 1.165) is 16.9 Å².